The third-order valence-electron chi connectivity index (χ3n) is 3.88. The molecule has 0 saturated heterocycles. The zero-order chi connectivity index (χ0) is 16.6. The highest BCUT2D eigenvalue weighted by Gasteiger charge is 2.25. The topological polar surface area (TPSA) is 83.7 Å². The molecule has 2 aromatic rings. The molecule has 118 valence electrons. The number of carbonyl (C=O) groups excluding carboxylic acids is 1. The number of rotatable bonds is 2. The lowest BCUT2D eigenvalue weighted by molar-refractivity contribution is -0.385. The van der Waals surface area contributed by atoms with E-state index in [2.05, 4.69) is 0 Å². The van der Waals surface area contributed by atoms with Crippen LogP contribution in [0, 0.1) is 15.9 Å². The van der Waals surface area contributed by atoms with Gasteiger partial charge in [0.1, 0.15) is 11.6 Å². The predicted octanol–water partition coefficient (Wildman–Crippen LogP) is 2.64. The third-order valence-corrected chi connectivity index (χ3v) is 3.88. The second-order valence-electron chi connectivity index (χ2n) is 5.35. The van der Waals surface area contributed by atoms with E-state index < -0.39 is 16.6 Å². The third kappa shape index (κ3) is 2.85. The molecule has 1 heterocycles. The van der Waals surface area contributed by atoms with E-state index >= 15 is 0 Å². The Morgan fingerprint density at radius 1 is 1.22 bits per heavy atom. The van der Waals surface area contributed by atoms with Crippen LogP contribution in [0.5, 0.6) is 5.75 Å². The molecule has 6 nitrogen and oxygen atoms in total. The van der Waals surface area contributed by atoms with Crippen molar-refractivity contribution in [3.8, 4) is 5.75 Å². The summed E-state index contributed by atoms with van der Waals surface area (Å²) in [5, 5.41) is 20.1. The molecule has 1 N–H and O–H groups in total. The fourth-order valence-corrected chi connectivity index (χ4v) is 2.68. The molecular formula is C16H13FN2O4. The zero-order valence-corrected chi connectivity index (χ0v) is 12.0. The minimum absolute atomic E-state index is 0.0335. The van der Waals surface area contributed by atoms with Crippen molar-refractivity contribution in [2.24, 2.45) is 0 Å². The van der Waals surface area contributed by atoms with Gasteiger partial charge >= 0.3 is 0 Å². The van der Waals surface area contributed by atoms with Crippen molar-refractivity contribution >= 4 is 11.6 Å². The van der Waals surface area contributed by atoms with Crippen LogP contribution in [-0.2, 0) is 13.0 Å². The van der Waals surface area contributed by atoms with E-state index in [0.717, 1.165) is 11.6 Å². The lowest BCUT2D eigenvalue weighted by Gasteiger charge is -2.29. The summed E-state index contributed by atoms with van der Waals surface area (Å²) in [6.45, 7) is 0.597. The normalized spacial score (nSPS) is 13.5. The first kappa shape index (κ1) is 15.0. The highest BCUT2D eigenvalue weighted by atomic mass is 19.1. The Hall–Kier alpha value is -2.96. The maximum atomic E-state index is 13.8. The van der Waals surface area contributed by atoms with Crippen molar-refractivity contribution in [2.75, 3.05) is 6.54 Å². The largest absolute Gasteiger partial charge is 0.508 e. The number of amides is 1. The van der Waals surface area contributed by atoms with Crippen LogP contribution in [-0.4, -0.2) is 27.4 Å². The first-order chi connectivity index (χ1) is 11.0. The summed E-state index contributed by atoms with van der Waals surface area (Å²) < 4.78 is 13.8. The minimum Gasteiger partial charge on any atom is -0.508 e. The second-order valence-corrected chi connectivity index (χ2v) is 5.35. The quantitative estimate of drug-likeness (QED) is 0.682. The number of phenols is 1. The Balaban J connectivity index is 1.87. The van der Waals surface area contributed by atoms with Gasteiger partial charge in [-0.2, -0.15) is 0 Å². The van der Waals surface area contributed by atoms with Gasteiger partial charge in [0.05, 0.1) is 10.5 Å². The first-order valence-electron chi connectivity index (χ1n) is 6.99. The van der Waals surface area contributed by atoms with Crippen molar-refractivity contribution in [1.82, 2.24) is 4.90 Å². The van der Waals surface area contributed by atoms with Gasteiger partial charge in [-0.25, -0.2) is 4.39 Å². The molecule has 3 rings (SSSR count). The number of phenolic OH excluding ortho intramolecular Hbond substituents is 1. The van der Waals surface area contributed by atoms with E-state index in [0.29, 0.717) is 18.5 Å². The first-order valence-corrected chi connectivity index (χ1v) is 6.99. The molecule has 2 aromatic carbocycles. The van der Waals surface area contributed by atoms with Crippen LogP contribution >= 0.6 is 0 Å². The number of carbonyl (C=O) groups is 1. The molecule has 0 fully saturated rings. The monoisotopic (exact) mass is 316 g/mol. The standard InChI is InChI=1S/C16H13FN2O4/c17-15-8-13(20)3-4-14(15)16(21)18-6-5-10-1-2-12(19(22)23)7-11(10)9-18/h1-4,7-8,20H,5-6,9H2. The molecular weight excluding hydrogens is 303 g/mol. The lowest BCUT2D eigenvalue weighted by Crippen LogP contribution is -2.36. The van der Waals surface area contributed by atoms with E-state index in [-0.39, 0.29) is 23.5 Å². The molecule has 1 amide bonds. The number of halogens is 1. The van der Waals surface area contributed by atoms with Crippen LogP contribution < -0.4 is 0 Å². The number of nitrogens with zero attached hydrogens (tertiary/aromatic N) is 2. The summed E-state index contributed by atoms with van der Waals surface area (Å²) in [6.07, 6.45) is 0.554. The number of hydrogen-bond acceptors (Lipinski definition) is 4. The fraction of sp³-hybridized carbons (Fsp3) is 0.188. The van der Waals surface area contributed by atoms with Gasteiger partial charge in [0.15, 0.2) is 0 Å². The Labute approximate surface area is 130 Å². The summed E-state index contributed by atoms with van der Waals surface area (Å²) in [5.74, 6) is -1.54. The van der Waals surface area contributed by atoms with Crippen molar-refractivity contribution in [1.29, 1.82) is 0 Å². The molecule has 0 unspecified atom stereocenters. The summed E-state index contributed by atoms with van der Waals surface area (Å²) in [4.78, 5) is 24.2. The fourth-order valence-electron chi connectivity index (χ4n) is 2.68. The highest BCUT2D eigenvalue weighted by Crippen LogP contribution is 2.25. The van der Waals surface area contributed by atoms with Gasteiger partial charge in [-0.1, -0.05) is 6.07 Å². The van der Waals surface area contributed by atoms with Crippen molar-refractivity contribution in [3.05, 3.63) is 69.0 Å². The molecule has 0 aromatic heterocycles. The molecule has 1 aliphatic rings. The zero-order valence-electron chi connectivity index (χ0n) is 12.0. The Kier molecular flexibility index (Phi) is 3.69. The number of non-ortho nitro benzene ring substituents is 1. The molecule has 0 radical (unpaired) electrons. The lowest BCUT2D eigenvalue weighted by atomic mass is 9.98. The Bertz CT molecular complexity index is 807. The molecule has 23 heavy (non-hydrogen) atoms. The molecule has 7 heteroatoms. The van der Waals surface area contributed by atoms with E-state index in [1.54, 1.807) is 6.07 Å². The van der Waals surface area contributed by atoms with Crippen molar-refractivity contribution < 1.29 is 19.2 Å². The molecule has 0 aliphatic carbocycles. The van der Waals surface area contributed by atoms with E-state index in [9.17, 15) is 24.4 Å². The van der Waals surface area contributed by atoms with Crippen LogP contribution in [0.1, 0.15) is 21.5 Å². The molecule has 0 atom stereocenters. The van der Waals surface area contributed by atoms with Gasteiger partial charge < -0.3 is 10.0 Å². The van der Waals surface area contributed by atoms with E-state index in [4.69, 9.17) is 0 Å². The van der Waals surface area contributed by atoms with Crippen molar-refractivity contribution in [3.63, 3.8) is 0 Å². The van der Waals surface area contributed by atoms with Crippen LogP contribution in [0.15, 0.2) is 36.4 Å². The number of nitro groups is 1. The number of fused-ring (bicyclic) bond motifs is 1. The Morgan fingerprint density at radius 2 is 2.00 bits per heavy atom. The summed E-state index contributed by atoms with van der Waals surface area (Å²) in [5.41, 5.74) is 1.48. The number of nitro benzene ring substituents is 1. The van der Waals surface area contributed by atoms with Gasteiger partial charge in [0.25, 0.3) is 11.6 Å². The van der Waals surface area contributed by atoms with E-state index in [1.165, 1.54) is 29.2 Å². The van der Waals surface area contributed by atoms with Gasteiger partial charge in [0, 0.05) is 31.3 Å². The van der Waals surface area contributed by atoms with Gasteiger partial charge in [-0.15, -0.1) is 0 Å². The minimum atomic E-state index is -0.792. The summed E-state index contributed by atoms with van der Waals surface area (Å²) in [6, 6.07) is 7.94. The van der Waals surface area contributed by atoms with Gasteiger partial charge in [-0.3, -0.25) is 14.9 Å². The maximum absolute atomic E-state index is 13.8. The predicted molar refractivity (Wildman–Crippen MR) is 79.6 cm³/mol. The van der Waals surface area contributed by atoms with E-state index in [1.807, 2.05) is 0 Å². The van der Waals surface area contributed by atoms with Crippen LogP contribution in [0.4, 0.5) is 10.1 Å². The van der Waals surface area contributed by atoms with Crippen LogP contribution in [0.25, 0.3) is 0 Å². The van der Waals surface area contributed by atoms with Crippen molar-refractivity contribution in [2.45, 2.75) is 13.0 Å². The molecule has 1 aliphatic heterocycles. The summed E-state index contributed by atoms with van der Waals surface area (Å²) >= 11 is 0. The Morgan fingerprint density at radius 3 is 2.70 bits per heavy atom. The smallest absolute Gasteiger partial charge is 0.269 e. The number of benzene rings is 2. The van der Waals surface area contributed by atoms with Crippen LogP contribution in [0.2, 0.25) is 0 Å². The highest BCUT2D eigenvalue weighted by molar-refractivity contribution is 5.94. The average Bonchev–Trinajstić information content (AvgIpc) is 2.53. The molecule has 0 saturated carbocycles. The number of aromatic hydroxyl groups is 1. The van der Waals surface area contributed by atoms with Crippen LogP contribution in [0.3, 0.4) is 0 Å². The summed E-state index contributed by atoms with van der Waals surface area (Å²) in [7, 11) is 0. The number of hydrogen-bond donors (Lipinski definition) is 1. The van der Waals surface area contributed by atoms with Gasteiger partial charge in [0.2, 0.25) is 0 Å². The second kappa shape index (κ2) is 5.68. The SMILES string of the molecule is O=C(c1ccc(O)cc1F)N1CCc2ccc([N+](=O)[O-])cc2C1. The average molecular weight is 316 g/mol. The molecule has 0 spiro atoms. The van der Waals surface area contributed by atoms with Gasteiger partial charge in [-0.05, 0) is 29.7 Å². The maximum Gasteiger partial charge on any atom is 0.269 e. The molecule has 0 bridgehead atoms.